The smallest absolute Gasteiger partial charge is 0.0340 e. The lowest BCUT2D eigenvalue weighted by Gasteiger charge is -2.19. The van der Waals surface area contributed by atoms with Gasteiger partial charge in [-0.25, -0.2) is 0 Å². The maximum Gasteiger partial charge on any atom is 0.0340 e. The molecule has 0 unspecified atom stereocenters. The van der Waals surface area contributed by atoms with E-state index in [0.717, 1.165) is 6.54 Å². The largest absolute Gasteiger partial charge is 0.385 e. The quantitative estimate of drug-likeness (QED) is 0.482. The van der Waals surface area contributed by atoms with Crippen molar-refractivity contribution in [3.63, 3.8) is 0 Å². The van der Waals surface area contributed by atoms with Gasteiger partial charge in [-0.1, -0.05) is 84.8 Å². The van der Waals surface area contributed by atoms with Crippen LogP contribution in [0.5, 0.6) is 0 Å². The topological polar surface area (TPSA) is 12.0 Å². The van der Waals surface area contributed by atoms with Gasteiger partial charge in [0.1, 0.15) is 0 Å². The molecule has 0 aliphatic rings. The van der Waals surface area contributed by atoms with E-state index < -0.39 is 0 Å². The minimum atomic E-state index is 0.246. The van der Waals surface area contributed by atoms with Crippen LogP contribution in [0.4, 0.5) is 5.69 Å². The number of hydrogen-bond acceptors (Lipinski definition) is 1. The van der Waals surface area contributed by atoms with Crippen LogP contribution >= 0.6 is 0 Å². The molecule has 21 heavy (non-hydrogen) atoms. The standard InChI is InChI=1S/C20H35N/c1-5-6-7-8-9-10-11-12-17-21-19-15-13-18(14-16-19)20(2,3)4/h13-16,21H,5-12,17H2,1-4H3. The lowest BCUT2D eigenvalue weighted by Crippen LogP contribution is -2.11. The summed E-state index contributed by atoms with van der Waals surface area (Å²) >= 11 is 0. The zero-order chi connectivity index (χ0) is 15.6. The van der Waals surface area contributed by atoms with Gasteiger partial charge in [0.25, 0.3) is 0 Å². The first-order valence-electron chi connectivity index (χ1n) is 8.88. The zero-order valence-electron chi connectivity index (χ0n) is 14.7. The van der Waals surface area contributed by atoms with Gasteiger partial charge in [0.15, 0.2) is 0 Å². The number of hydrogen-bond donors (Lipinski definition) is 1. The summed E-state index contributed by atoms with van der Waals surface area (Å²) in [6.07, 6.45) is 11.1. The second-order valence-electron chi connectivity index (χ2n) is 7.23. The first kappa shape index (κ1) is 18.1. The van der Waals surface area contributed by atoms with Crippen LogP contribution in [0.1, 0.15) is 84.6 Å². The molecule has 0 spiro atoms. The van der Waals surface area contributed by atoms with Gasteiger partial charge in [0, 0.05) is 12.2 Å². The van der Waals surface area contributed by atoms with Gasteiger partial charge >= 0.3 is 0 Å². The van der Waals surface area contributed by atoms with Gasteiger partial charge in [-0.2, -0.15) is 0 Å². The molecule has 0 heterocycles. The lowest BCUT2D eigenvalue weighted by atomic mass is 9.87. The normalized spacial score (nSPS) is 11.6. The Morgan fingerprint density at radius 3 is 1.81 bits per heavy atom. The summed E-state index contributed by atoms with van der Waals surface area (Å²) in [7, 11) is 0. The SMILES string of the molecule is CCCCCCCCCCNc1ccc(C(C)(C)C)cc1. The summed E-state index contributed by atoms with van der Waals surface area (Å²) in [6, 6.07) is 8.92. The highest BCUT2D eigenvalue weighted by Crippen LogP contribution is 2.23. The van der Waals surface area contributed by atoms with E-state index in [1.165, 1.54) is 62.6 Å². The Morgan fingerprint density at radius 1 is 0.762 bits per heavy atom. The molecule has 1 heteroatoms. The molecule has 0 saturated heterocycles. The van der Waals surface area contributed by atoms with Gasteiger partial charge in [-0.05, 0) is 29.5 Å². The average Bonchev–Trinajstić information content (AvgIpc) is 2.45. The van der Waals surface area contributed by atoms with Gasteiger partial charge in [0.05, 0.1) is 0 Å². The zero-order valence-corrected chi connectivity index (χ0v) is 14.7. The molecule has 1 aromatic carbocycles. The van der Waals surface area contributed by atoms with E-state index >= 15 is 0 Å². The summed E-state index contributed by atoms with van der Waals surface area (Å²) in [4.78, 5) is 0. The van der Waals surface area contributed by atoms with Crippen LogP contribution in [0.3, 0.4) is 0 Å². The fourth-order valence-electron chi connectivity index (χ4n) is 2.58. The number of unbranched alkanes of at least 4 members (excludes halogenated alkanes) is 7. The highest BCUT2D eigenvalue weighted by molar-refractivity contribution is 5.45. The predicted molar refractivity (Wildman–Crippen MR) is 96.2 cm³/mol. The molecule has 0 atom stereocenters. The van der Waals surface area contributed by atoms with Crippen LogP contribution in [-0.4, -0.2) is 6.54 Å². The van der Waals surface area contributed by atoms with Crippen LogP contribution in [0, 0.1) is 0 Å². The maximum absolute atomic E-state index is 3.53. The molecule has 0 amide bonds. The van der Waals surface area contributed by atoms with Crippen LogP contribution in [-0.2, 0) is 5.41 Å². The maximum atomic E-state index is 3.53. The van der Waals surface area contributed by atoms with E-state index in [1.807, 2.05) is 0 Å². The fourth-order valence-corrected chi connectivity index (χ4v) is 2.58. The van der Waals surface area contributed by atoms with Crippen molar-refractivity contribution < 1.29 is 0 Å². The van der Waals surface area contributed by atoms with Crippen molar-refractivity contribution in [1.82, 2.24) is 0 Å². The Labute approximate surface area is 132 Å². The highest BCUT2D eigenvalue weighted by Gasteiger charge is 2.12. The Hall–Kier alpha value is -0.980. The van der Waals surface area contributed by atoms with E-state index in [2.05, 4.69) is 57.3 Å². The van der Waals surface area contributed by atoms with Crippen molar-refractivity contribution in [2.45, 2.75) is 84.5 Å². The first-order chi connectivity index (χ1) is 10.0. The number of rotatable bonds is 10. The molecule has 0 aliphatic heterocycles. The summed E-state index contributed by atoms with van der Waals surface area (Å²) in [5, 5.41) is 3.53. The first-order valence-corrected chi connectivity index (χ1v) is 8.88. The predicted octanol–water partition coefficient (Wildman–Crippen LogP) is 6.54. The average molecular weight is 290 g/mol. The van der Waals surface area contributed by atoms with E-state index in [-0.39, 0.29) is 5.41 Å². The van der Waals surface area contributed by atoms with Crippen molar-refractivity contribution in [3.05, 3.63) is 29.8 Å². The Kier molecular flexibility index (Phi) is 8.49. The summed E-state index contributed by atoms with van der Waals surface area (Å²) in [6.45, 7) is 10.2. The van der Waals surface area contributed by atoms with Gasteiger partial charge in [-0.3, -0.25) is 0 Å². The van der Waals surface area contributed by atoms with Crippen molar-refractivity contribution in [2.24, 2.45) is 0 Å². The van der Waals surface area contributed by atoms with Crippen LogP contribution in [0.2, 0.25) is 0 Å². The molecule has 0 aliphatic carbocycles. The Morgan fingerprint density at radius 2 is 1.29 bits per heavy atom. The van der Waals surface area contributed by atoms with E-state index in [1.54, 1.807) is 0 Å². The second kappa shape index (κ2) is 9.87. The van der Waals surface area contributed by atoms with E-state index in [4.69, 9.17) is 0 Å². The van der Waals surface area contributed by atoms with Crippen molar-refractivity contribution in [2.75, 3.05) is 11.9 Å². The molecule has 0 aromatic heterocycles. The van der Waals surface area contributed by atoms with Crippen molar-refractivity contribution in [3.8, 4) is 0 Å². The molecular weight excluding hydrogens is 254 g/mol. The monoisotopic (exact) mass is 289 g/mol. The van der Waals surface area contributed by atoms with Crippen molar-refractivity contribution >= 4 is 5.69 Å². The van der Waals surface area contributed by atoms with Crippen LogP contribution < -0.4 is 5.32 Å². The van der Waals surface area contributed by atoms with E-state index in [9.17, 15) is 0 Å². The lowest BCUT2D eigenvalue weighted by molar-refractivity contribution is 0.581. The Balaban J connectivity index is 2.08. The van der Waals surface area contributed by atoms with Crippen LogP contribution in [0.25, 0.3) is 0 Å². The highest BCUT2D eigenvalue weighted by atomic mass is 14.9. The third-order valence-electron chi connectivity index (χ3n) is 4.11. The van der Waals surface area contributed by atoms with Gasteiger partial charge in [-0.15, -0.1) is 0 Å². The van der Waals surface area contributed by atoms with E-state index in [0.29, 0.717) is 0 Å². The molecule has 1 rings (SSSR count). The van der Waals surface area contributed by atoms with Crippen molar-refractivity contribution in [1.29, 1.82) is 0 Å². The van der Waals surface area contributed by atoms with Gasteiger partial charge in [0.2, 0.25) is 0 Å². The fraction of sp³-hybridized carbons (Fsp3) is 0.700. The summed E-state index contributed by atoms with van der Waals surface area (Å²) in [5.41, 5.74) is 2.90. The molecule has 0 bridgehead atoms. The van der Waals surface area contributed by atoms with Gasteiger partial charge < -0.3 is 5.32 Å². The molecule has 1 aromatic rings. The molecule has 0 fully saturated rings. The molecule has 1 nitrogen and oxygen atoms in total. The molecule has 1 N–H and O–H groups in total. The third-order valence-corrected chi connectivity index (χ3v) is 4.11. The summed E-state index contributed by atoms with van der Waals surface area (Å²) in [5.74, 6) is 0. The number of benzene rings is 1. The number of anilines is 1. The third kappa shape index (κ3) is 8.14. The van der Waals surface area contributed by atoms with Crippen LogP contribution in [0.15, 0.2) is 24.3 Å². The summed E-state index contributed by atoms with van der Waals surface area (Å²) < 4.78 is 0. The minimum absolute atomic E-state index is 0.246. The number of nitrogens with one attached hydrogen (secondary N) is 1. The Bertz CT molecular complexity index is 358. The minimum Gasteiger partial charge on any atom is -0.385 e. The second-order valence-corrected chi connectivity index (χ2v) is 7.23. The molecule has 120 valence electrons. The molecule has 0 radical (unpaired) electrons. The molecule has 0 saturated carbocycles. The molecular formula is C20H35N.